The molecule has 0 aliphatic heterocycles. The summed E-state index contributed by atoms with van der Waals surface area (Å²) in [5.41, 5.74) is 2.87. The number of nitrogens with zero attached hydrogens (tertiary/aromatic N) is 6. The van der Waals surface area contributed by atoms with Crippen molar-refractivity contribution in [3.63, 3.8) is 0 Å². The molecular formula is C57H66F2N6O8+2. The molecule has 0 radical (unpaired) electrons. The molecule has 73 heavy (non-hydrogen) atoms. The predicted octanol–water partition coefficient (Wildman–Crippen LogP) is 11.7. The maximum atomic E-state index is 13.2. The Hall–Kier alpha value is -8.00. The number of allylic oxidation sites excluding steroid dienone is 2. The fourth-order valence-electron chi connectivity index (χ4n) is 6.67. The van der Waals surface area contributed by atoms with Crippen molar-refractivity contribution in [1.29, 1.82) is 0 Å². The van der Waals surface area contributed by atoms with Gasteiger partial charge in [0.25, 0.3) is 0 Å². The van der Waals surface area contributed by atoms with E-state index in [9.17, 15) is 23.2 Å². The second-order valence-corrected chi connectivity index (χ2v) is 16.8. The molecule has 1 unspecified atom stereocenters. The number of carboxylic acid groups (broad SMARTS) is 1. The Labute approximate surface area is 426 Å². The molecule has 384 valence electrons. The molecule has 1 aliphatic rings. The van der Waals surface area contributed by atoms with E-state index < -0.39 is 23.2 Å². The van der Waals surface area contributed by atoms with Gasteiger partial charge in [0.1, 0.15) is 75.8 Å². The molecule has 4 heterocycles. The van der Waals surface area contributed by atoms with Crippen LogP contribution in [0.5, 0.6) is 5.75 Å². The number of halogens is 2. The van der Waals surface area contributed by atoms with Crippen LogP contribution in [0.2, 0.25) is 0 Å². The van der Waals surface area contributed by atoms with Crippen molar-refractivity contribution in [2.75, 3.05) is 59.3 Å². The number of aliphatic imine (C=N–C) groups is 2. The Morgan fingerprint density at radius 2 is 1.56 bits per heavy atom. The van der Waals surface area contributed by atoms with Crippen LogP contribution < -0.4 is 10.5 Å². The number of anilines is 1. The minimum Gasteiger partial charge on any atom is -0.507 e. The van der Waals surface area contributed by atoms with Gasteiger partial charge in [-0.15, -0.1) is 0 Å². The Morgan fingerprint density at radius 1 is 0.877 bits per heavy atom. The molecule has 7 aromatic rings. The lowest BCUT2D eigenvalue weighted by atomic mass is 10.1. The second-order valence-electron chi connectivity index (χ2n) is 16.8. The van der Waals surface area contributed by atoms with Crippen molar-refractivity contribution in [2.24, 2.45) is 9.98 Å². The van der Waals surface area contributed by atoms with Crippen LogP contribution in [0.3, 0.4) is 0 Å². The molecule has 14 nitrogen and oxygen atoms in total. The fraction of sp³-hybridized carbons (Fsp3) is 0.298. The minimum atomic E-state index is -0.886. The summed E-state index contributed by atoms with van der Waals surface area (Å²) in [6.45, 7) is 18.4. The third-order valence-electron chi connectivity index (χ3n) is 10.2. The number of carboxylic acids is 1. The molecule has 0 amide bonds. The zero-order valence-corrected chi connectivity index (χ0v) is 43.0. The van der Waals surface area contributed by atoms with E-state index in [1.807, 2.05) is 62.3 Å². The zero-order valence-electron chi connectivity index (χ0n) is 43.0. The first-order chi connectivity index (χ1) is 34.9. The zero-order chi connectivity index (χ0) is 53.9. The molecular weight excluding hydrogens is 935 g/mol. The molecule has 4 aromatic heterocycles. The molecule has 16 heteroatoms. The molecule has 1 aliphatic carbocycles. The maximum absolute atomic E-state index is 13.2. The fourth-order valence-corrected chi connectivity index (χ4v) is 6.67. The van der Waals surface area contributed by atoms with Crippen LogP contribution in [0, 0.1) is 24.6 Å². The number of pyridine rings is 1. The standard InChI is InChI=1S/C17H9FO3.C10H6O3.C8H17N3.C8H18N.C7H5FO2.C7H10N2/c18-12-6-5-11-7-13(17(19)21-15(11)9-12)16-8-10-3-1-2-4-14(10)20-16;11-10(12)6-8-5-7-3-1-2-4-9(7)13-8;1-4-9-8-10-6-5-7-11(2)3;1-6-9(7(2)3)8(4)5;8-6-2-1-5(4-9)7(10)3-6;1-9(2)7-3-5-8-6-4-7/h1-9H;2-5H,6H2;4-7H2,1-3H3;7-8H,2,6H2,1,3-5H3;1-4,10H;3-6H,1-2H3/q;;;+1;;/p+1. The number of furan rings is 2. The molecule has 3 aromatic carbocycles. The number of hydrogen-bond donors (Lipinski definition) is 2. The van der Waals surface area contributed by atoms with Gasteiger partial charge in [-0.05, 0) is 116 Å². The number of carbonyl (C=O) groups excluding carboxylic acids is 1. The van der Waals surface area contributed by atoms with Crippen LogP contribution in [-0.2, 0) is 11.2 Å². The summed E-state index contributed by atoms with van der Waals surface area (Å²) in [5, 5.41) is 18.9. The van der Waals surface area contributed by atoms with Gasteiger partial charge in [0.05, 0.1) is 31.1 Å². The molecule has 0 spiro atoms. The van der Waals surface area contributed by atoms with E-state index >= 15 is 0 Å². The van der Waals surface area contributed by atoms with Gasteiger partial charge in [0.2, 0.25) is 5.76 Å². The van der Waals surface area contributed by atoms with Gasteiger partial charge < -0.3 is 33.3 Å². The largest absolute Gasteiger partial charge is 0.507 e. The summed E-state index contributed by atoms with van der Waals surface area (Å²) >= 11 is 0. The number of carbonyl (C=O) groups is 2. The lowest BCUT2D eigenvalue weighted by Gasteiger charge is -2.24. The lowest BCUT2D eigenvalue weighted by molar-refractivity contribution is -0.136. The number of para-hydroxylation sites is 1. The number of phenols is 1. The molecule has 2 N–H and O–H groups in total. The minimum absolute atomic E-state index is 0.0747. The van der Waals surface area contributed by atoms with E-state index in [2.05, 4.69) is 85.6 Å². The third-order valence-corrected chi connectivity index (χ3v) is 10.2. The number of rotatable bonds is 13. The van der Waals surface area contributed by atoms with Crippen LogP contribution >= 0.6 is 0 Å². The van der Waals surface area contributed by atoms with E-state index in [4.69, 9.17) is 23.5 Å². The predicted molar refractivity (Wildman–Crippen MR) is 287 cm³/mol. The Kier molecular flexibility index (Phi) is 25.5. The highest BCUT2D eigenvalue weighted by molar-refractivity contribution is 5.86. The van der Waals surface area contributed by atoms with Crippen molar-refractivity contribution >= 4 is 58.0 Å². The summed E-state index contributed by atoms with van der Waals surface area (Å²) < 4.78 is 41.5. The number of aromatic nitrogens is 1. The first kappa shape index (κ1) is 59.3. The smallest absolute Gasteiger partial charge is 0.347 e. The number of benzene rings is 3. The van der Waals surface area contributed by atoms with Crippen molar-refractivity contribution in [3.8, 4) is 17.1 Å². The van der Waals surface area contributed by atoms with E-state index in [0.717, 1.165) is 55.7 Å². The number of aldehydes is 1. The molecule has 8 rings (SSSR count). The van der Waals surface area contributed by atoms with E-state index in [-0.39, 0.29) is 23.3 Å². The summed E-state index contributed by atoms with van der Waals surface area (Å²) in [6.07, 6.45) is 13.2. The summed E-state index contributed by atoms with van der Waals surface area (Å²) in [7, 11) is 8.14. The number of phenolic OH excluding ortho intramolecular Hbond substituents is 1. The van der Waals surface area contributed by atoms with Crippen molar-refractivity contribution in [1.82, 2.24) is 14.8 Å². The lowest BCUT2D eigenvalue weighted by Crippen LogP contribution is -2.36. The van der Waals surface area contributed by atoms with Crippen molar-refractivity contribution in [2.45, 2.75) is 59.5 Å². The van der Waals surface area contributed by atoms with Crippen LogP contribution in [0.4, 0.5) is 14.5 Å². The topological polar surface area (TPSA) is 178 Å². The summed E-state index contributed by atoms with van der Waals surface area (Å²) in [4.78, 5) is 50.8. The van der Waals surface area contributed by atoms with Crippen molar-refractivity contribution < 1.29 is 41.8 Å². The number of hydrogen-bond acceptors (Lipinski definition) is 13. The van der Waals surface area contributed by atoms with Crippen LogP contribution in [0.15, 0.2) is 137 Å². The summed E-state index contributed by atoms with van der Waals surface area (Å²) in [5.74, 6) is -0.587. The SMILES string of the molecule is CCN=C=NCCCN(C)C.CN(C)c1ccncc1.O=C(O)Cc1cc2c(o1)C=C[C+]=C2.O=Cc1ccc(F)cc1O.O=c1oc2cc(F)ccc2cc1-c1cc2ccccc2o1.[CH2+]C(C)N(CC)C(C)C. The third kappa shape index (κ3) is 21.1. The Bertz CT molecular complexity index is 2900. The van der Waals surface area contributed by atoms with Crippen molar-refractivity contribution in [3.05, 3.63) is 167 Å². The van der Waals surface area contributed by atoms with Crippen LogP contribution in [0.25, 0.3) is 45.4 Å². The van der Waals surface area contributed by atoms with Gasteiger partial charge >= 0.3 is 11.6 Å². The molecule has 0 saturated carbocycles. The highest BCUT2D eigenvalue weighted by Crippen LogP contribution is 2.28. The number of aliphatic carboxylic acids is 1. The maximum Gasteiger partial charge on any atom is 0.347 e. The van der Waals surface area contributed by atoms with Crippen LogP contribution in [-0.4, -0.2) is 110 Å². The first-order valence-corrected chi connectivity index (χ1v) is 23.5. The van der Waals surface area contributed by atoms with E-state index in [1.54, 1.807) is 54.9 Å². The highest BCUT2D eigenvalue weighted by atomic mass is 19.1. The average molecular weight is 1000 g/mol. The van der Waals surface area contributed by atoms with Crippen LogP contribution in [0.1, 0.15) is 68.5 Å². The number of fused-ring (bicyclic) bond motifs is 3. The Balaban J connectivity index is 0.000000240. The quantitative estimate of drug-likeness (QED) is 0.0368. The van der Waals surface area contributed by atoms with Gasteiger partial charge in [0.15, 0.2) is 6.29 Å². The summed E-state index contributed by atoms with van der Waals surface area (Å²) in [6, 6.07) is 27.6. The second kappa shape index (κ2) is 31.4. The van der Waals surface area contributed by atoms with Gasteiger partial charge in [-0.25, -0.2) is 23.6 Å². The van der Waals surface area contributed by atoms with Gasteiger partial charge in [-0.2, -0.15) is 0 Å². The normalized spacial score (nSPS) is 11.1. The Morgan fingerprint density at radius 3 is 2.12 bits per heavy atom. The molecule has 0 saturated heterocycles. The average Bonchev–Trinajstić information content (AvgIpc) is 3.97. The van der Waals surface area contributed by atoms with E-state index in [1.165, 1.54) is 23.9 Å². The molecule has 0 fully saturated rings. The number of aromatic hydroxyl groups is 1. The monoisotopic (exact) mass is 1000 g/mol. The highest BCUT2D eigenvalue weighted by Gasteiger charge is 2.18. The molecule has 1 atom stereocenters. The van der Waals surface area contributed by atoms with E-state index in [0.29, 0.717) is 52.2 Å². The van der Waals surface area contributed by atoms with Gasteiger partial charge in [-0.3, -0.25) is 19.5 Å². The molecule has 0 bridgehead atoms. The van der Waals surface area contributed by atoms with Gasteiger partial charge in [-0.1, -0.05) is 25.1 Å². The van der Waals surface area contributed by atoms with Gasteiger partial charge in [0, 0.05) is 79.8 Å². The first-order valence-electron chi connectivity index (χ1n) is 23.5.